The highest BCUT2D eigenvalue weighted by molar-refractivity contribution is 6.10. The number of rotatable bonds is 4. The van der Waals surface area contributed by atoms with Gasteiger partial charge in [0.1, 0.15) is 17.5 Å². The van der Waals surface area contributed by atoms with Gasteiger partial charge in [-0.3, -0.25) is 4.98 Å². The highest BCUT2D eigenvalue weighted by atomic mass is 16.5. The fourth-order valence-electron chi connectivity index (χ4n) is 6.48. The van der Waals surface area contributed by atoms with E-state index >= 15 is 0 Å². The van der Waals surface area contributed by atoms with Crippen LogP contribution < -0.4 is 4.74 Å². The normalized spacial score (nSPS) is 16.9. The highest BCUT2D eigenvalue weighted by Gasteiger charge is 2.37. The molecule has 0 saturated carbocycles. The van der Waals surface area contributed by atoms with Gasteiger partial charge < -0.3 is 9.30 Å². The van der Waals surface area contributed by atoms with Crippen molar-refractivity contribution < 1.29 is 4.74 Å². The van der Waals surface area contributed by atoms with Gasteiger partial charge in [0.05, 0.1) is 11.0 Å². The molecular weight excluding hydrogens is 542 g/mol. The molecule has 2 unspecified atom stereocenters. The van der Waals surface area contributed by atoms with E-state index in [1.54, 1.807) is 6.20 Å². The molecule has 0 amide bonds. The van der Waals surface area contributed by atoms with Crippen LogP contribution in [0.15, 0.2) is 140 Å². The van der Waals surface area contributed by atoms with E-state index in [9.17, 15) is 0 Å². The molecule has 4 aromatic carbocycles. The van der Waals surface area contributed by atoms with Crippen LogP contribution in [-0.4, -0.2) is 30.6 Å². The van der Waals surface area contributed by atoms with Crippen molar-refractivity contribution in [3.63, 3.8) is 0 Å². The molecule has 0 spiro atoms. The van der Waals surface area contributed by atoms with Gasteiger partial charge in [0.2, 0.25) is 0 Å². The van der Waals surface area contributed by atoms with Crippen molar-refractivity contribution in [1.82, 2.24) is 24.5 Å². The molecule has 4 heterocycles. The number of pyridine rings is 1. The van der Waals surface area contributed by atoms with Gasteiger partial charge in [-0.25, -0.2) is 15.0 Å². The second-order valence-corrected chi connectivity index (χ2v) is 11.0. The van der Waals surface area contributed by atoms with E-state index in [1.165, 1.54) is 21.8 Å². The summed E-state index contributed by atoms with van der Waals surface area (Å²) in [5.41, 5.74) is 6.99. The first-order valence-electron chi connectivity index (χ1n) is 14.7. The maximum Gasteiger partial charge on any atom is 0.182 e. The number of ether oxygens (including phenoxy) is 1. The monoisotopic (exact) mass is 567 g/mol. The number of benzene rings is 4. The molecule has 1 aliphatic heterocycles. The number of nitrogens with zero attached hydrogens (tertiary/aromatic N) is 5. The third-order valence-corrected chi connectivity index (χ3v) is 8.46. The van der Waals surface area contributed by atoms with Gasteiger partial charge in [0, 0.05) is 45.3 Å². The Balaban J connectivity index is 1.16. The Morgan fingerprint density at radius 3 is 1.80 bits per heavy atom. The van der Waals surface area contributed by atoms with Crippen LogP contribution in [0.1, 0.15) is 11.5 Å². The zero-order valence-electron chi connectivity index (χ0n) is 23.6. The van der Waals surface area contributed by atoms with E-state index in [1.807, 2.05) is 66.7 Å². The summed E-state index contributed by atoms with van der Waals surface area (Å²) in [6.07, 6.45) is 8.26. The Hall–Kier alpha value is -5.88. The van der Waals surface area contributed by atoms with E-state index in [0.717, 1.165) is 28.1 Å². The molecule has 6 heteroatoms. The Bertz CT molecular complexity index is 2160. The van der Waals surface area contributed by atoms with Crippen molar-refractivity contribution in [2.24, 2.45) is 0 Å². The van der Waals surface area contributed by atoms with Crippen LogP contribution in [-0.2, 0) is 0 Å². The molecule has 0 radical (unpaired) electrons. The van der Waals surface area contributed by atoms with Gasteiger partial charge >= 0.3 is 0 Å². The molecule has 2 atom stereocenters. The predicted octanol–water partition coefficient (Wildman–Crippen LogP) is 8.33. The van der Waals surface area contributed by atoms with Crippen molar-refractivity contribution in [2.45, 2.75) is 12.0 Å². The maximum atomic E-state index is 6.60. The van der Waals surface area contributed by atoms with Gasteiger partial charge in [0.25, 0.3) is 0 Å². The fraction of sp³-hybridized carbons (Fsp3) is 0.0526. The average molecular weight is 568 g/mol. The Morgan fingerprint density at radius 2 is 1.16 bits per heavy atom. The van der Waals surface area contributed by atoms with Crippen LogP contribution >= 0.6 is 0 Å². The molecule has 0 saturated heterocycles. The van der Waals surface area contributed by atoms with Gasteiger partial charge in [-0.05, 0) is 30.4 Å². The smallest absolute Gasteiger partial charge is 0.182 e. The summed E-state index contributed by atoms with van der Waals surface area (Å²) in [6.45, 7) is 0. The SMILES string of the molecule is C1=CC2c3c(ccnc3-c3nc(-c4ccccc4)nc(-c4ccccc4)n3)OC2C=C1n1c2ccccc2c2ccccc21. The van der Waals surface area contributed by atoms with E-state index in [-0.39, 0.29) is 12.0 Å². The van der Waals surface area contributed by atoms with Gasteiger partial charge in [-0.1, -0.05) is 103 Å². The van der Waals surface area contributed by atoms with Crippen LogP contribution in [0.5, 0.6) is 5.75 Å². The highest BCUT2D eigenvalue weighted by Crippen LogP contribution is 2.47. The minimum Gasteiger partial charge on any atom is -0.485 e. The first kappa shape index (κ1) is 24.7. The maximum absolute atomic E-state index is 6.60. The predicted molar refractivity (Wildman–Crippen MR) is 174 cm³/mol. The summed E-state index contributed by atoms with van der Waals surface area (Å²) in [6, 6.07) is 39.1. The third kappa shape index (κ3) is 3.88. The summed E-state index contributed by atoms with van der Waals surface area (Å²) in [4.78, 5) is 19.6. The standard InChI is InChI=1S/C38H25N5O/c1-3-11-24(12-4-1)36-40-37(25-13-5-2-6-14-25)42-38(41-36)35-34-29-20-19-26(23-33(29)44-32(34)21-22-39-35)43-30-17-9-7-15-27(30)28-16-8-10-18-31(28)43/h1-23,29,33H. The minimum atomic E-state index is -0.183. The van der Waals surface area contributed by atoms with Crippen LogP contribution in [0.2, 0.25) is 0 Å². The molecule has 1 aliphatic carbocycles. The average Bonchev–Trinajstić information content (AvgIpc) is 3.64. The zero-order valence-corrected chi connectivity index (χ0v) is 23.6. The van der Waals surface area contributed by atoms with Crippen LogP contribution in [0.4, 0.5) is 0 Å². The van der Waals surface area contributed by atoms with Crippen molar-refractivity contribution >= 4 is 27.5 Å². The van der Waals surface area contributed by atoms with Crippen molar-refractivity contribution in [2.75, 3.05) is 0 Å². The number of aromatic nitrogens is 5. The van der Waals surface area contributed by atoms with Crippen LogP contribution in [0, 0.1) is 0 Å². The zero-order chi connectivity index (χ0) is 29.0. The molecule has 0 fully saturated rings. The van der Waals surface area contributed by atoms with Crippen molar-refractivity contribution in [3.05, 3.63) is 145 Å². The summed E-state index contributed by atoms with van der Waals surface area (Å²) in [5.74, 6) is 2.53. The van der Waals surface area contributed by atoms with Gasteiger partial charge in [0.15, 0.2) is 17.5 Å². The van der Waals surface area contributed by atoms with Gasteiger partial charge in [-0.2, -0.15) is 0 Å². The van der Waals surface area contributed by atoms with Gasteiger partial charge in [-0.15, -0.1) is 0 Å². The molecule has 3 aromatic heterocycles. The quantitative estimate of drug-likeness (QED) is 0.214. The largest absolute Gasteiger partial charge is 0.485 e. The number of fused-ring (bicyclic) bond motifs is 6. The number of hydrogen-bond acceptors (Lipinski definition) is 5. The minimum absolute atomic E-state index is 0.0253. The summed E-state index contributed by atoms with van der Waals surface area (Å²) >= 11 is 0. The second kappa shape index (κ2) is 9.85. The Morgan fingerprint density at radius 1 is 0.591 bits per heavy atom. The molecule has 0 bridgehead atoms. The lowest BCUT2D eigenvalue weighted by molar-refractivity contribution is 0.269. The molecule has 208 valence electrons. The van der Waals surface area contributed by atoms with E-state index in [2.05, 4.69) is 71.3 Å². The van der Waals surface area contributed by atoms with Crippen LogP contribution in [0.3, 0.4) is 0 Å². The summed E-state index contributed by atoms with van der Waals surface area (Å²) < 4.78 is 8.93. The molecule has 2 aliphatic rings. The second-order valence-electron chi connectivity index (χ2n) is 11.0. The molecule has 44 heavy (non-hydrogen) atoms. The summed E-state index contributed by atoms with van der Waals surface area (Å²) in [5, 5.41) is 2.47. The van der Waals surface area contributed by atoms with E-state index < -0.39 is 0 Å². The number of hydrogen-bond donors (Lipinski definition) is 0. The third-order valence-electron chi connectivity index (χ3n) is 8.46. The van der Waals surface area contributed by atoms with Crippen molar-refractivity contribution in [3.8, 4) is 40.0 Å². The molecule has 7 aromatic rings. The lowest BCUT2D eigenvalue weighted by Gasteiger charge is -2.20. The number of allylic oxidation sites excluding steroid dienone is 2. The fourth-order valence-corrected chi connectivity index (χ4v) is 6.48. The lowest BCUT2D eigenvalue weighted by Crippen LogP contribution is -2.19. The van der Waals surface area contributed by atoms with E-state index in [0.29, 0.717) is 23.2 Å². The lowest BCUT2D eigenvalue weighted by atomic mass is 9.89. The van der Waals surface area contributed by atoms with Crippen LogP contribution in [0.25, 0.3) is 61.8 Å². The number of para-hydroxylation sites is 2. The first-order chi connectivity index (χ1) is 21.8. The Labute approximate surface area is 253 Å². The summed E-state index contributed by atoms with van der Waals surface area (Å²) in [7, 11) is 0. The Kier molecular flexibility index (Phi) is 5.53. The molecule has 9 rings (SSSR count). The molecular formula is C38H25N5O. The van der Waals surface area contributed by atoms with Crippen molar-refractivity contribution in [1.29, 1.82) is 0 Å². The molecule has 6 nitrogen and oxygen atoms in total. The first-order valence-corrected chi connectivity index (χ1v) is 14.7. The molecule has 0 N–H and O–H groups in total. The topological polar surface area (TPSA) is 65.7 Å². The van der Waals surface area contributed by atoms with E-state index in [4.69, 9.17) is 24.7 Å².